The summed E-state index contributed by atoms with van der Waals surface area (Å²) in [5.74, 6) is 0.795. The summed E-state index contributed by atoms with van der Waals surface area (Å²) in [7, 11) is 0. The molecular weight excluding hydrogens is 382 g/mol. The molecule has 0 aromatic heterocycles. The zero-order valence-corrected chi connectivity index (χ0v) is 17.6. The maximum absolute atomic E-state index is 12.8. The van der Waals surface area contributed by atoms with Gasteiger partial charge in [-0.1, -0.05) is 12.1 Å². The van der Waals surface area contributed by atoms with Crippen LogP contribution in [0.1, 0.15) is 39.7 Å². The smallest absolute Gasteiger partial charge is 0.387 e. The highest BCUT2D eigenvalue weighted by Crippen LogP contribution is 2.33. The third-order valence-corrected chi connectivity index (χ3v) is 4.07. The van der Waals surface area contributed by atoms with Crippen molar-refractivity contribution >= 4 is 11.9 Å². The first-order chi connectivity index (χ1) is 14.0. The quantitative estimate of drug-likeness (QED) is 0.406. The third-order valence-electron chi connectivity index (χ3n) is 4.07. The van der Waals surface area contributed by atoms with E-state index in [0.717, 1.165) is 0 Å². The number of ether oxygens (including phenoxy) is 2. The number of amides is 1. The molecule has 0 bridgehead atoms. The number of alkyl halides is 2. The van der Waals surface area contributed by atoms with Crippen LogP contribution in [0.3, 0.4) is 0 Å². The van der Waals surface area contributed by atoms with E-state index in [1.807, 2.05) is 20.8 Å². The first-order valence-electron chi connectivity index (χ1n) is 9.96. The first-order valence-corrected chi connectivity index (χ1v) is 9.96. The highest BCUT2D eigenvalue weighted by Gasteiger charge is 2.16. The highest BCUT2D eigenvalue weighted by molar-refractivity contribution is 5.81. The number of aliphatic imine (C=N–C) groups is 1. The van der Waals surface area contributed by atoms with Crippen LogP contribution in [0.5, 0.6) is 11.5 Å². The number of carbonyl (C=O) groups is 1. The van der Waals surface area contributed by atoms with Gasteiger partial charge in [0.15, 0.2) is 17.5 Å². The van der Waals surface area contributed by atoms with Crippen LogP contribution in [0.4, 0.5) is 8.78 Å². The second-order valence-electron chi connectivity index (χ2n) is 5.99. The predicted molar refractivity (Wildman–Crippen MR) is 110 cm³/mol. The van der Waals surface area contributed by atoms with Gasteiger partial charge >= 0.3 is 6.61 Å². The van der Waals surface area contributed by atoms with Crippen molar-refractivity contribution in [1.82, 2.24) is 15.5 Å². The van der Waals surface area contributed by atoms with Gasteiger partial charge in [0.25, 0.3) is 0 Å². The zero-order chi connectivity index (χ0) is 21.6. The molecule has 1 amide bonds. The van der Waals surface area contributed by atoms with Crippen molar-refractivity contribution in [3.8, 4) is 11.5 Å². The van der Waals surface area contributed by atoms with Gasteiger partial charge in [0, 0.05) is 38.2 Å². The Labute approximate surface area is 171 Å². The first kappa shape index (κ1) is 24.5. The number of nitrogens with one attached hydrogen (secondary N) is 2. The summed E-state index contributed by atoms with van der Waals surface area (Å²) < 4.78 is 35.7. The lowest BCUT2D eigenvalue weighted by atomic mass is 10.2. The van der Waals surface area contributed by atoms with E-state index in [1.54, 1.807) is 30.0 Å². The molecule has 2 N–H and O–H groups in total. The van der Waals surface area contributed by atoms with Crippen molar-refractivity contribution in [1.29, 1.82) is 0 Å². The summed E-state index contributed by atoms with van der Waals surface area (Å²) in [5.41, 5.74) is 0.479. The second kappa shape index (κ2) is 13.6. The number of hydrogen-bond acceptors (Lipinski definition) is 4. The molecule has 1 aromatic carbocycles. The SMILES string of the molecule is CCNC(=NCc1cccc(OCC)c1OC(F)F)NCCC(=O)N(CC)CC. The van der Waals surface area contributed by atoms with Gasteiger partial charge in [0.1, 0.15) is 0 Å². The average Bonchev–Trinajstić information content (AvgIpc) is 2.68. The minimum absolute atomic E-state index is 0.0133. The third kappa shape index (κ3) is 8.53. The molecule has 0 aliphatic heterocycles. The van der Waals surface area contributed by atoms with Crippen molar-refractivity contribution < 1.29 is 23.0 Å². The standard InChI is InChI=1S/C20H32F2N4O3/c1-5-23-20(24-13-12-17(27)26(6-2)7-3)25-14-15-10-9-11-16(28-8-4)18(15)29-19(21)22/h9-11,19H,5-8,12-14H2,1-4H3,(H2,23,24,25). The van der Waals surface area contributed by atoms with Crippen molar-refractivity contribution in [3.05, 3.63) is 23.8 Å². The lowest BCUT2D eigenvalue weighted by molar-refractivity contribution is -0.130. The number of guanidine groups is 1. The van der Waals surface area contributed by atoms with Gasteiger partial charge in [-0.25, -0.2) is 4.99 Å². The molecular formula is C20H32F2N4O3. The molecule has 0 aliphatic carbocycles. The van der Waals surface area contributed by atoms with Crippen LogP contribution in [0.25, 0.3) is 0 Å². The number of benzene rings is 1. The Kier molecular flexibility index (Phi) is 11.4. The fraction of sp³-hybridized carbons (Fsp3) is 0.600. The van der Waals surface area contributed by atoms with E-state index in [1.165, 1.54) is 0 Å². The van der Waals surface area contributed by atoms with Gasteiger partial charge < -0.3 is 25.0 Å². The number of carbonyl (C=O) groups excluding carboxylic acids is 1. The van der Waals surface area contributed by atoms with E-state index in [4.69, 9.17) is 4.74 Å². The molecule has 0 spiro atoms. The van der Waals surface area contributed by atoms with Gasteiger partial charge in [0.2, 0.25) is 5.91 Å². The van der Waals surface area contributed by atoms with E-state index >= 15 is 0 Å². The lowest BCUT2D eigenvalue weighted by Crippen LogP contribution is -2.40. The van der Waals surface area contributed by atoms with Crippen molar-refractivity contribution in [2.24, 2.45) is 4.99 Å². The molecule has 7 nitrogen and oxygen atoms in total. The average molecular weight is 414 g/mol. The summed E-state index contributed by atoms with van der Waals surface area (Å²) in [4.78, 5) is 18.3. The van der Waals surface area contributed by atoms with Gasteiger partial charge in [-0.2, -0.15) is 8.78 Å². The molecule has 0 radical (unpaired) electrons. The molecule has 1 rings (SSSR count). The number of hydrogen-bond donors (Lipinski definition) is 2. The molecule has 0 atom stereocenters. The van der Waals surface area contributed by atoms with Crippen molar-refractivity contribution in [3.63, 3.8) is 0 Å². The fourth-order valence-corrected chi connectivity index (χ4v) is 2.71. The van der Waals surface area contributed by atoms with E-state index in [9.17, 15) is 13.6 Å². The van der Waals surface area contributed by atoms with Gasteiger partial charge in [0.05, 0.1) is 13.2 Å². The Hall–Kier alpha value is -2.58. The minimum Gasteiger partial charge on any atom is -0.490 e. The molecule has 29 heavy (non-hydrogen) atoms. The molecule has 0 aliphatic rings. The van der Waals surface area contributed by atoms with Crippen LogP contribution in [0.15, 0.2) is 23.2 Å². The van der Waals surface area contributed by atoms with Gasteiger partial charge in [-0.05, 0) is 33.8 Å². The largest absolute Gasteiger partial charge is 0.490 e. The van der Waals surface area contributed by atoms with Crippen LogP contribution in [-0.4, -0.2) is 56.2 Å². The topological polar surface area (TPSA) is 75.2 Å². The Morgan fingerprint density at radius 3 is 2.48 bits per heavy atom. The Morgan fingerprint density at radius 1 is 1.17 bits per heavy atom. The van der Waals surface area contributed by atoms with Crippen molar-refractivity contribution in [2.45, 2.75) is 47.3 Å². The van der Waals surface area contributed by atoms with Crippen LogP contribution in [0, 0.1) is 0 Å². The van der Waals surface area contributed by atoms with E-state index in [0.29, 0.717) is 50.7 Å². The van der Waals surface area contributed by atoms with Gasteiger partial charge in [-0.3, -0.25) is 4.79 Å². The van der Waals surface area contributed by atoms with Crippen LogP contribution in [-0.2, 0) is 11.3 Å². The Morgan fingerprint density at radius 2 is 1.90 bits per heavy atom. The molecule has 0 heterocycles. The normalized spacial score (nSPS) is 11.3. The molecule has 9 heteroatoms. The summed E-state index contributed by atoms with van der Waals surface area (Å²) in [6.07, 6.45) is 0.339. The predicted octanol–water partition coefficient (Wildman–Crippen LogP) is 3.00. The maximum Gasteiger partial charge on any atom is 0.387 e. The van der Waals surface area contributed by atoms with E-state index in [2.05, 4.69) is 20.4 Å². The number of rotatable bonds is 12. The van der Waals surface area contributed by atoms with Crippen LogP contribution in [0.2, 0.25) is 0 Å². The van der Waals surface area contributed by atoms with E-state index < -0.39 is 6.61 Å². The fourth-order valence-electron chi connectivity index (χ4n) is 2.71. The number of halogens is 2. The Balaban J connectivity index is 2.84. The molecule has 164 valence electrons. The summed E-state index contributed by atoms with van der Waals surface area (Å²) >= 11 is 0. The van der Waals surface area contributed by atoms with Crippen LogP contribution < -0.4 is 20.1 Å². The molecule has 1 aromatic rings. The number of para-hydroxylation sites is 1. The highest BCUT2D eigenvalue weighted by atomic mass is 19.3. The summed E-state index contributed by atoms with van der Waals surface area (Å²) in [5, 5.41) is 6.17. The maximum atomic E-state index is 12.8. The van der Waals surface area contributed by atoms with Crippen LogP contribution >= 0.6 is 0 Å². The van der Waals surface area contributed by atoms with Crippen molar-refractivity contribution in [2.75, 3.05) is 32.8 Å². The number of nitrogens with zero attached hydrogens (tertiary/aromatic N) is 2. The summed E-state index contributed by atoms with van der Waals surface area (Å²) in [6, 6.07) is 4.95. The van der Waals surface area contributed by atoms with Gasteiger partial charge in [-0.15, -0.1) is 0 Å². The minimum atomic E-state index is -2.96. The second-order valence-corrected chi connectivity index (χ2v) is 5.99. The molecule has 0 fully saturated rings. The monoisotopic (exact) mass is 414 g/mol. The zero-order valence-electron chi connectivity index (χ0n) is 17.6. The van der Waals surface area contributed by atoms with E-state index in [-0.39, 0.29) is 24.0 Å². The summed E-state index contributed by atoms with van der Waals surface area (Å²) in [6.45, 7) is 7.43. The molecule has 0 saturated heterocycles. The lowest BCUT2D eigenvalue weighted by Gasteiger charge is -2.19. The Bertz CT molecular complexity index is 653. The molecule has 0 unspecified atom stereocenters. The molecule has 0 saturated carbocycles.